The lowest BCUT2D eigenvalue weighted by Gasteiger charge is -2.06. The molecule has 0 atom stereocenters. The molecule has 1 aromatic heterocycles. The Labute approximate surface area is 110 Å². The number of halogens is 1. The van der Waals surface area contributed by atoms with E-state index in [-0.39, 0.29) is 18.1 Å². The second-order valence-electron chi connectivity index (χ2n) is 3.40. The van der Waals surface area contributed by atoms with E-state index in [9.17, 15) is 10.1 Å². The van der Waals surface area contributed by atoms with Gasteiger partial charge in [-0.2, -0.15) is 0 Å². The molecule has 6 nitrogen and oxygen atoms in total. The lowest BCUT2D eigenvalue weighted by atomic mass is 10.3. The average Bonchev–Trinajstić information content (AvgIpc) is 2.82. The molecule has 0 aliphatic carbocycles. The maximum absolute atomic E-state index is 10.6. The number of benzene rings is 1. The van der Waals surface area contributed by atoms with Gasteiger partial charge in [-0.3, -0.25) is 10.1 Å². The highest BCUT2D eigenvalue weighted by Gasteiger charge is 2.05. The molecule has 1 heterocycles. The molecule has 0 saturated heterocycles. The maximum atomic E-state index is 10.6. The van der Waals surface area contributed by atoms with E-state index >= 15 is 0 Å². The van der Waals surface area contributed by atoms with Crippen molar-refractivity contribution in [2.24, 2.45) is 0 Å². The molecule has 0 N–H and O–H groups in total. The summed E-state index contributed by atoms with van der Waals surface area (Å²) in [6.07, 6.45) is 5.21. The lowest BCUT2D eigenvalue weighted by Crippen LogP contribution is -2.06. The molecule has 1 aromatic carbocycles. The van der Waals surface area contributed by atoms with Gasteiger partial charge in [0.1, 0.15) is 12.4 Å². The molecule has 0 amide bonds. The summed E-state index contributed by atoms with van der Waals surface area (Å²) in [4.78, 5) is 14.0. The van der Waals surface area contributed by atoms with Crippen LogP contribution in [0.15, 0.2) is 43.0 Å². The van der Waals surface area contributed by atoms with Crippen molar-refractivity contribution in [1.29, 1.82) is 0 Å². The highest BCUT2D eigenvalue weighted by atomic mass is 35.5. The smallest absolute Gasteiger partial charge is 0.273 e. The number of nitrogens with zero attached hydrogens (tertiary/aromatic N) is 3. The Morgan fingerprint density at radius 3 is 2.94 bits per heavy atom. The van der Waals surface area contributed by atoms with Gasteiger partial charge in [0.25, 0.3) is 5.69 Å². The zero-order valence-electron chi connectivity index (χ0n) is 9.43. The van der Waals surface area contributed by atoms with Crippen LogP contribution in [-0.4, -0.2) is 21.1 Å². The molecule has 7 heteroatoms. The molecule has 0 bridgehead atoms. The van der Waals surface area contributed by atoms with Crippen molar-refractivity contribution in [3.8, 4) is 5.75 Å². The molecule has 0 aliphatic heterocycles. The van der Waals surface area contributed by atoms with Crippen LogP contribution >= 0.6 is 12.4 Å². The molecule has 0 unspecified atom stereocenters. The Bertz CT molecular complexity index is 502. The summed E-state index contributed by atoms with van der Waals surface area (Å²) in [5.41, 5.74) is 0.0325. The lowest BCUT2D eigenvalue weighted by molar-refractivity contribution is -0.384. The Morgan fingerprint density at radius 2 is 2.28 bits per heavy atom. The average molecular weight is 270 g/mol. The minimum absolute atomic E-state index is 0. The third-order valence-corrected chi connectivity index (χ3v) is 2.21. The number of imidazole rings is 1. The first kappa shape index (κ1) is 14.0. The quantitative estimate of drug-likeness (QED) is 0.617. The second-order valence-corrected chi connectivity index (χ2v) is 3.40. The minimum atomic E-state index is -0.442. The van der Waals surface area contributed by atoms with Gasteiger partial charge in [-0.15, -0.1) is 12.4 Å². The molecule has 0 spiro atoms. The van der Waals surface area contributed by atoms with Crippen LogP contribution in [0.3, 0.4) is 0 Å². The fraction of sp³-hybridized carbons (Fsp3) is 0.182. The van der Waals surface area contributed by atoms with Crippen LogP contribution in [0.4, 0.5) is 5.69 Å². The van der Waals surface area contributed by atoms with E-state index in [1.165, 1.54) is 12.1 Å². The van der Waals surface area contributed by atoms with Crippen LogP contribution in [0.2, 0.25) is 0 Å². The van der Waals surface area contributed by atoms with E-state index in [1.807, 2.05) is 10.8 Å². The summed E-state index contributed by atoms with van der Waals surface area (Å²) >= 11 is 0. The van der Waals surface area contributed by atoms with E-state index in [0.717, 1.165) is 0 Å². The van der Waals surface area contributed by atoms with Gasteiger partial charge in [-0.25, -0.2) is 4.98 Å². The first-order chi connectivity index (χ1) is 8.25. The van der Waals surface area contributed by atoms with Gasteiger partial charge in [-0.1, -0.05) is 6.07 Å². The van der Waals surface area contributed by atoms with Crippen LogP contribution in [0, 0.1) is 10.1 Å². The maximum Gasteiger partial charge on any atom is 0.273 e. The van der Waals surface area contributed by atoms with Crippen molar-refractivity contribution in [1.82, 2.24) is 9.55 Å². The topological polar surface area (TPSA) is 70.2 Å². The van der Waals surface area contributed by atoms with E-state index in [1.54, 1.807) is 24.7 Å². The number of nitro groups is 1. The van der Waals surface area contributed by atoms with E-state index in [2.05, 4.69) is 4.98 Å². The number of rotatable bonds is 5. The van der Waals surface area contributed by atoms with Gasteiger partial charge in [0, 0.05) is 18.5 Å². The molecule has 2 aromatic rings. The first-order valence-electron chi connectivity index (χ1n) is 5.09. The SMILES string of the molecule is Cl.O=[N+]([O-])c1cccc(OCCn2ccnc2)c1. The molecule has 0 radical (unpaired) electrons. The standard InChI is InChI=1S/C11H11N3O3.ClH/c15-14(16)10-2-1-3-11(8-10)17-7-6-13-5-4-12-9-13;/h1-5,8-9H,6-7H2;1H. The molecule has 18 heavy (non-hydrogen) atoms. The fourth-order valence-corrected chi connectivity index (χ4v) is 1.37. The Hall–Kier alpha value is -2.08. The number of hydrogen-bond donors (Lipinski definition) is 0. The molecule has 0 aliphatic rings. The van der Waals surface area contributed by atoms with Gasteiger partial charge < -0.3 is 9.30 Å². The fourth-order valence-electron chi connectivity index (χ4n) is 1.37. The van der Waals surface area contributed by atoms with Crippen LogP contribution in [-0.2, 0) is 6.54 Å². The number of non-ortho nitro benzene ring substituents is 1. The summed E-state index contributed by atoms with van der Waals surface area (Å²) < 4.78 is 7.29. The Kier molecular flexibility index (Phi) is 5.13. The molecular weight excluding hydrogens is 258 g/mol. The van der Waals surface area contributed by atoms with Crippen molar-refractivity contribution < 1.29 is 9.66 Å². The molecule has 2 rings (SSSR count). The summed E-state index contributed by atoms with van der Waals surface area (Å²) in [5, 5.41) is 10.6. The highest BCUT2D eigenvalue weighted by molar-refractivity contribution is 5.85. The number of nitro benzene ring substituents is 1. The summed E-state index contributed by atoms with van der Waals surface area (Å²) in [6.45, 7) is 1.10. The normalized spacial score (nSPS) is 9.56. The number of aromatic nitrogens is 2. The Balaban J connectivity index is 0.00000162. The van der Waals surface area contributed by atoms with Crippen molar-refractivity contribution in [2.45, 2.75) is 6.54 Å². The van der Waals surface area contributed by atoms with Gasteiger partial charge in [0.2, 0.25) is 0 Å². The monoisotopic (exact) mass is 269 g/mol. The van der Waals surface area contributed by atoms with Crippen LogP contribution in [0.5, 0.6) is 5.75 Å². The zero-order chi connectivity index (χ0) is 12.1. The first-order valence-corrected chi connectivity index (χ1v) is 5.09. The van der Waals surface area contributed by atoms with Crippen molar-refractivity contribution in [3.05, 3.63) is 53.1 Å². The molecule has 96 valence electrons. The minimum Gasteiger partial charge on any atom is -0.491 e. The highest BCUT2D eigenvalue weighted by Crippen LogP contribution is 2.18. The summed E-state index contributed by atoms with van der Waals surface area (Å²) in [5.74, 6) is 0.499. The van der Waals surface area contributed by atoms with Crippen LogP contribution < -0.4 is 4.74 Å². The third kappa shape index (κ3) is 3.74. The molecule has 0 saturated carbocycles. The Morgan fingerprint density at radius 1 is 1.44 bits per heavy atom. The van der Waals surface area contributed by atoms with E-state index in [4.69, 9.17) is 4.74 Å². The predicted octanol–water partition coefficient (Wildman–Crippen LogP) is 2.29. The van der Waals surface area contributed by atoms with E-state index < -0.39 is 4.92 Å². The van der Waals surface area contributed by atoms with Crippen LogP contribution in [0.25, 0.3) is 0 Å². The third-order valence-electron chi connectivity index (χ3n) is 2.21. The van der Waals surface area contributed by atoms with Gasteiger partial charge in [0.05, 0.1) is 23.9 Å². The summed E-state index contributed by atoms with van der Waals surface area (Å²) in [6, 6.07) is 6.14. The number of ether oxygens (including phenoxy) is 1. The van der Waals surface area contributed by atoms with Crippen molar-refractivity contribution >= 4 is 18.1 Å². The second kappa shape index (κ2) is 6.61. The zero-order valence-corrected chi connectivity index (χ0v) is 10.2. The van der Waals surface area contributed by atoms with Crippen molar-refractivity contribution in [3.63, 3.8) is 0 Å². The van der Waals surface area contributed by atoms with Gasteiger partial charge in [0.15, 0.2) is 0 Å². The van der Waals surface area contributed by atoms with Gasteiger partial charge >= 0.3 is 0 Å². The predicted molar refractivity (Wildman–Crippen MR) is 68.1 cm³/mol. The van der Waals surface area contributed by atoms with Crippen LogP contribution in [0.1, 0.15) is 0 Å². The van der Waals surface area contributed by atoms with Crippen molar-refractivity contribution in [2.75, 3.05) is 6.61 Å². The molecule has 0 fully saturated rings. The molecular formula is C11H12ClN3O3. The van der Waals surface area contributed by atoms with E-state index in [0.29, 0.717) is 18.9 Å². The number of hydrogen-bond acceptors (Lipinski definition) is 4. The van der Waals surface area contributed by atoms with Gasteiger partial charge in [-0.05, 0) is 6.07 Å². The largest absolute Gasteiger partial charge is 0.491 e. The summed E-state index contributed by atoms with van der Waals surface area (Å²) in [7, 11) is 0.